The lowest BCUT2D eigenvalue weighted by atomic mass is 9.96. The van der Waals surface area contributed by atoms with Gasteiger partial charge in [0.05, 0.1) is 12.2 Å². The van der Waals surface area contributed by atoms with Crippen molar-refractivity contribution in [2.24, 2.45) is 0 Å². The largest absolute Gasteiger partial charge is 0.387 e. The highest BCUT2D eigenvalue weighted by Gasteiger charge is 2.27. The molecule has 13 heavy (non-hydrogen) atoms. The molecule has 0 unspecified atom stereocenters. The van der Waals surface area contributed by atoms with E-state index in [1.807, 2.05) is 0 Å². The van der Waals surface area contributed by atoms with Crippen LogP contribution in [0.4, 0.5) is 0 Å². The van der Waals surface area contributed by atoms with E-state index in [1.54, 1.807) is 7.11 Å². The predicted molar refractivity (Wildman–Crippen MR) is 50.5 cm³/mol. The molecule has 0 saturated heterocycles. The highest BCUT2D eigenvalue weighted by Crippen LogP contribution is 2.27. The van der Waals surface area contributed by atoms with E-state index >= 15 is 0 Å². The fourth-order valence-corrected chi connectivity index (χ4v) is 1.85. The first-order chi connectivity index (χ1) is 6.27. The van der Waals surface area contributed by atoms with E-state index in [1.165, 1.54) is 12.8 Å². The minimum absolute atomic E-state index is 0.280. The van der Waals surface area contributed by atoms with E-state index < -0.39 is 5.60 Å². The van der Waals surface area contributed by atoms with Gasteiger partial charge in [0, 0.05) is 7.11 Å². The summed E-state index contributed by atoms with van der Waals surface area (Å²) in [6, 6.07) is 0. The van der Waals surface area contributed by atoms with Crippen molar-refractivity contribution < 1.29 is 14.6 Å². The van der Waals surface area contributed by atoms with Crippen molar-refractivity contribution >= 4 is 0 Å². The highest BCUT2D eigenvalue weighted by molar-refractivity contribution is 4.80. The average molecular weight is 188 g/mol. The smallest absolute Gasteiger partial charge is 0.146 e. The molecule has 3 heteroatoms. The van der Waals surface area contributed by atoms with Crippen molar-refractivity contribution in [2.45, 2.75) is 44.1 Å². The second kappa shape index (κ2) is 5.58. The Morgan fingerprint density at radius 3 is 2.31 bits per heavy atom. The molecule has 0 radical (unpaired) electrons. The minimum Gasteiger partial charge on any atom is -0.387 e. The Labute approximate surface area is 80.0 Å². The number of hydrogen-bond donors (Lipinski definition) is 1. The summed E-state index contributed by atoms with van der Waals surface area (Å²) < 4.78 is 9.98. The lowest BCUT2D eigenvalue weighted by Gasteiger charge is -2.25. The van der Waals surface area contributed by atoms with Crippen LogP contribution in [0.25, 0.3) is 0 Å². The quantitative estimate of drug-likeness (QED) is 0.414. The SMILES string of the molecule is COCOCC1(O)CCCCCC1. The first kappa shape index (κ1) is 11.0. The second-order valence-corrected chi connectivity index (χ2v) is 3.89. The number of aliphatic hydroxyl groups is 1. The number of hydrogen-bond acceptors (Lipinski definition) is 3. The van der Waals surface area contributed by atoms with Crippen molar-refractivity contribution in [1.82, 2.24) is 0 Å². The molecule has 0 atom stereocenters. The van der Waals surface area contributed by atoms with Crippen molar-refractivity contribution in [2.75, 3.05) is 20.5 Å². The molecule has 0 aromatic carbocycles. The average Bonchev–Trinajstić information content (AvgIpc) is 2.31. The van der Waals surface area contributed by atoms with Gasteiger partial charge in [0.1, 0.15) is 6.79 Å². The maximum Gasteiger partial charge on any atom is 0.146 e. The monoisotopic (exact) mass is 188 g/mol. The number of methoxy groups -OCH3 is 1. The summed E-state index contributed by atoms with van der Waals surface area (Å²) in [7, 11) is 1.59. The van der Waals surface area contributed by atoms with Crippen LogP contribution in [0, 0.1) is 0 Å². The van der Waals surface area contributed by atoms with Gasteiger partial charge < -0.3 is 14.6 Å². The Bertz CT molecular complexity index is 128. The van der Waals surface area contributed by atoms with Crippen molar-refractivity contribution in [3.8, 4) is 0 Å². The van der Waals surface area contributed by atoms with E-state index in [4.69, 9.17) is 9.47 Å². The van der Waals surface area contributed by atoms with Crippen LogP contribution in [0.5, 0.6) is 0 Å². The van der Waals surface area contributed by atoms with Crippen LogP contribution in [0.1, 0.15) is 38.5 Å². The molecule has 0 aromatic rings. The molecule has 1 saturated carbocycles. The first-order valence-electron chi connectivity index (χ1n) is 5.06. The molecule has 0 bridgehead atoms. The van der Waals surface area contributed by atoms with E-state index in [9.17, 15) is 5.11 Å². The zero-order valence-electron chi connectivity index (χ0n) is 8.42. The molecule has 1 fully saturated rings. The third-order valence-electron chi connectivity index (χ3n) is 2.61. The topological polar surface area (TPSA) is 38.7 Å². The molecule has 1 rings (SSSR count). The Kier molecular flexibility index (Phi) is 4.70. The van der Waals surface area contributed by atoms with E-state index in [0.29, 0.717) is 6.61 Å². The summed E-state index contributed by atoms with van der Waals surface area (Å²) >= 11 is 0. The summed E-state index contributed by atoms with van der Waals surface area (Å²) in [6.45, 7) is 0.698. The zero-order chi connectivity index (χ0) is 9.57. The van der Waals surface area contributed by atoms with Crippen molar-refractivity contribution in [1.29, 1.82) is 0 Å². The Morgan fingerprint density at radius 1 is 1.15 bits per heavy atom. The molecule has 0 amide bonds. The van der Waals surface area contributed by atoms with Crippen LogP contribution >= 0.6 is 0 Å². The van der Waals surface area contributed by atoms with Crippen LogP contribution in [0.15, 0.2) is 0 Å². The number of rotatable bonds is 4. The van der Waals surface area contributed by atoms with Crippen molar-refractivity contribution in [3.05, 3.63) is 0 Å². The van der Waals surface area contributed by atoms with Crippen LogP contribution < -0.4 is 0 Å². The molecule has 0 aliphatic heterocycles. The predicted octanol–water partition coefficient (Wildman–Crippen LogP) is 1.69. The number of ether oxygens (including phenoxy) is 2. The van der Waals surface area contributed by atoms with E-state index in [2.05, 4.69) is 0 Å². The molecule has 1 N–H and O–H groups in total. The van der Waals surface area contributed by atoms with Gasteiger partial charge in [-0.2, -0.15) is 0 Å². The van der Waals surface area contributed by atoms with Crippen LogP contribution in [-0.2, 0) is 9.47 Å². The van der Waals surface area contributed by atoms with Gasteiger partial charge in [0.25, 0.3) is 0 Å². The molecular formula is C10H20O3. The maximum absolute atomic E-state index is 10.1. The minimum atomic E-state index is -0.588. The lowest BCUT2D eigenvalue weighted by molar-refractivity contribution is -0.107. The normalized spacial score (nSPS) is 22.6. The van der Waals surface area contributed by atoms with Crippen LogP contribution in [0.3, 0.4) is 0 Å². The van der Waals surface area contributed by atoms with Gasteiger partial charge in [0.2, 0.25) is 0 Å². The Hall–Kier alpha value is -0.120. The first-order valence-corrected chi connectivity index (χ1v) is 5.06. The van der Waals surface area contributed by atoms with Gasteiger partial charge in [0.15, 0.2) is 0 Å². The van der Waals surface area contributed by atoms with Gasteiger partial charge in [-0.25, -0.2) is 0 Å². The highest BCUT2D eigenvalue weighted by atomic mass is 16.7. The Balaban J connectivity index is 2.25. The standard InChI is InChI=1S/C10H20O3/c1-12-9-13-8-10(11)6-4-2-3-5-7-10/h11H,2-9H2,1H3. The van der Waals surface area contributed by atoms with Gasteiger partial charge in [-0.1, -0.05) is 25.7 Å². The van der Waals surface area contributed by atoms with Gasteiger partial charge in [-0.15, -0.1) is 0 Å². The van der Waals surface area contributed by atoms with Gasteiger partial charge in [-0.3, -0.25) is 0 Å². The molecule has 1 aliphatic carbocycles. The third kappa shape index (κ3) is 4.07. The fourth-order valence-electron chi connectivity index (χ4n) is 1.85. The molecule has 3 nitrogen and oxygen atoms in total. The molecule has 0 aromatic heterocycles. The van der Waals surface area contributed by atoms with Crippen LogP contribution in [0.2, 0.25) is 0 Å². The van der Waals surface area contributed by atoms with E-state index in [-0.39, 0.29) is 6.79 Å². The summed E-state index contributed by atoms with van der Waals surface area (Å²) in [4.78, 5) is 0. The third-order valence-corrected chi connectivity index (χ3v) is 2.61. The van der Waals surface area contributed by atoms with Crippen LogP contribution in [-0.4, -0.2) is 31.2 Å². The molecule has 1 aliphatic rings. The maximum atomic E-state index is 10.1. The zero-order valence-corrected chi connectivity index (χ0v) is 8.42. The summed E-state index contributed by atoms with van der Waals surface area (Å²) in [5, 5.41) is 10.1. The molecular weight excluding hydrogens is 168 g/mol. The molecule has 0 heterocycles. The van der Waals surface area contributed by atoms with E-state index in [0.717, 1.165) is 25.7 Å². The van der Waals surface area contributed by atoms with Crippen molar-refractivity contribution in [3.63, 3.8) is 0 Å². The molecule has 78 valence electrons. The lowest BCUT2D eigenvalue weighted by Crippen LogP contribution is -2.34. The summed E-state index contributed by atoms with van der Waals surface area (Å²) in [6.07, 6.45) is 6.46. The van der Waals surface area contributed by atoms with Gasteiger partial charge >= 0.3 is 0 Å². The Morgan fingerprint density at radius 2 is 1.77 bits per heavy atom. The summed E-state index contributed by atoms with van der Waals surface area (Å²) in [5.74, 6) is 0. The fraction of sp³-hybridized carbons (Fsp3) is 1.00. The molecule has 0 spiro atoms. The van der Waals surface area contributed by atoms with Gasteiger partial charge in [-0.05, 0) is 12.8 Å². The second-order valence-electron chi connectivity index (χ2n) is 3.89. The summed E-state index contributed by atoms with van der Waals surface area (Å²) in [5.41, 5.74) is -0.588.